The molecule has 0 saturated carbocycles. The molecule has 0 aliphatic rings. The fraction of sp³-hybridized carbons (Fsp3) is 0.333. The van der Waals surface area contributed by atoms with Gasteiger partial charge in [0, 0.05) is 6.20 Å². The average Bonchev–Trinajstić information content (AvgIpc) is 2.17. The molecule has 1 rings (SSSR count). The van der Waals surface area contributed by atoms with E-state index >= 15 is 0 Å². The van der Waals surface area contributed by atoms with Crippen LogP contribution in [0.5, 0.6) is 5.88 Å². The van der Waals surface area contributed by atoms with Gasteiger partial charge in [-0.2, -0.15) is 0 Å². The first-order chi connectivity index (χ1) is 6.74. The van der Waals surface area contributed by atoms with E-state index in [1.165, 1.54) is 6.20 Å². The molecule has 0 bridgehead atoms. The summed E-state index contributed by atoms with van der Waals surface area (Å²) in [5.41, 5.74) is 5.94. The zero-order chi connectivity index (χ0) is 10.4. The molecule has 0 amide bonds. The summed E-state index contributed by atoms with van der Waals surface area (Å²) < 4.78 is 9.71. The maximum atomic E-state index is 10.9. The third-order valence-corrected chi connectivity index (χ3v) is 1.43. The van der Waals surface area contributed by atoms with Crippen LogP contribution >= 0.6 is 0 Å². The van der Waals surface area contributed by atoms with Crippen LogP contribution in [0.1, 0.15) is 6.92 Å². The Morgan fingerprint density at radius 2 is 2.43 bits per heavy atom. The van der Waals surface area contributed by atoms with Gasteiger partial charge in [-0.1, -0.05) is 0 Å². The number of pyridine rings is 1. The summed E-state index contributed by atoms with van der Waals surface area (Å²) in [6.07, 6.45) is 1.54. The maximum absolute atomic E-state index is 10.9. The van der Waals surface area contributed by atoms with E-state index in [4.69, 9.17) is 10.5 Å². The molecule has 0 aliphatic heterocycles. The quantitative estimate of drug-likeness (QED) is 0.714. The third kappa shape index (κ3) is 2.93. The van der Waals surface area contributed by atoms with E-state index in [0.29, 0.717) is 12.3 Å². The predicted octanol–water partition coefficient (Wildman–Crippen LogP) is 0.606. The zero-order valence-electron chi connectivity index (χ0n) is 7.90. The van der Waals surface area contributed by atoms with Gasteiger partial charge in [0.25, 0.3) is 0 Å². The SMILES string of the molecule is CCOC(=O)COc1ncccc1N. The van der Waals surface area contributed by atoms with E-state index in [1.54, 1.807) is 19.1 Å². The number of hydrogen-bond donors (Lipinski definition) is 1. The van der Waals surface area contributed by atoms with Gasteiger partial charge >= 0.3 is 5.97 Å². The van der Waals surface area contributed by atoms with Gasteiger partial charge in [-0.3, -0.25) is 0 Å². The Morgan fingerprint density at radius 3 is 3.07 bits per heavy atom. The largest absolute Gasteiger partial charge is 0.464 e. The van der Waals surface area contributed by atoms with Gasteiger partial charge in [0.1, 0.15) is 0 Å². The molecule has 0 atom stereocenters. The topological polar surface area (TPSA) is 74.4 Å². The number of nitrogens with zero attached hydrogens (tertiary/aromatic N) is 1. The van der Waals surface area contributed by atoms with Crippen molar-refractivity contribution in [2.45, 2.75) is 6.92 Å². The van der Waals surface area contributed by atoms with Gasteiger partial charge < -0.3 is 15.2 Å². The number of carbonyl (C=O) groups is 1. The first kappa shape index (κ1) is 10.3. The van der Waals surface area contributed by atoms with Crippen LogP contribution in [-0.4, -0.2) is 24.2 Å². The van der Waals surface area contributed by atoms with Crippen molar-refractivity contribution in [2.75, 3.05) is 18.9 Å². The summed E-state index contributed by atoms with van der Waals surface area (Å²) in [6.45, 7) is 1.89. The number of rotatable bonds is 4. The van der Waals surface area contributed by atoms with Crippen molar-refractivity contribution in [2.24, 2.45) is 0 Å². The summed E-state index contributed by atoms with van der Waals surface area (Å²) in [4.78, 5) is 14.8. The highest BCUT2D eigenvalue weighted by atomic mass is 16.6. The minimum Gasteiger partial charge on any atom is -0.464 e. The zero-order valence-corrected chi connectivity index (χ0v) is 7.90. The van der Waals surface area contributed by atoms with Crippen molar-refractivity contribution in [3.05, 3.63) is 18.3 Å². The molecule has 0 unspecified atom stereocenters. The lowest BCUT2D eigenvalue weighted by Crippen LogP contribution is -2.15. The third-order valence-electron chi connectivity index (χ3n) is 1.43. The molecule has 0 aromatic carbocycles. The molecule has 0 radical (unpaired) electrons. The Morgan fingerprint density at radius 1 is 1.64 bits per heavy atom. The highest BCUT2D eigenvalue weighted by molar-refractivity contribution is 5.71. The number of hydrogen-bond acceptors (Lipinski definition) is 5. The van der Waals surface area contributed by atoms with Crippen molar-refractivity contribution in [1.82, 2.24) is 4.98 Å². The Labute approximate surface area is 81.8 Å². The van der Waals surface area contributed by atoms with Gasteiger partial charge in [-0.25, -0.2) is 9.78 Å². The van der Waals surface area contributed by atoms with Crippen LogP contribution in [0, 0.1) is 0 Å². The normalized spacial score (nSPS) is 9.50. The minimum absolute atomic E-state index is 0.172. The lowest BCUT2D eigenvalue weighted by Gasteiger charge is -2.06. The molecule has 5 heteroatoms. The second-order valence-electron chi connectivity index (χ2n) is 2.49. The Balaban J connectivity index is 2.46. The highest BCUT2D eigenvalue weighted by Crippen LogP contribution is 2.15. The Bertz CT molecular complexity index is 315. The van der Waals surface area contributed by atoms with Crippen molar-refractivity contribution in [3.8, 4) is 5.88 Å². The molecule has 0 spiro atoms. The highest BCUT2D eigenvalue weighted by Gasteiger charge is 2.05. The molecule has 0 fully saturated rings. The first-order valence-electron chi connectivity index (χ1n) is 4.23. The van der Waals surface area contributed by atoms with E-state index < -0.39 is 5.97 Å². The standard InChI is InChI=1S/C9H12N2O3/c1-2-13-8(12)6-14-9-7(10)4-3-5-11-9/h3-5H,2,6,10H2,1H3. The number of esters is 1. The average molecular weight is 196 g/mol. The lowest BCUT2D eigenvalue weighted by atomic mass is 10.4. The van der Waals surface area contributed by atoms with E-state index in [-0.39, 0.29) is 12.5 Å². The van der Waals surface area contributed by atoms with Crippen LogP contribution in [0.15, 0.2) is 18.3 Å². The van der Waals surface area contributed by atoms with Crippen molar-refractivity contribution >= 4 is 11.7 Å². The fourth-order valence-corrected chi connectivity index (χ4v) is 0.854. The van der Waals surface area contributed by atoms with Gasteiger partial charge in [0.2, 0.25) is 5.88 Å². The van der Waals surface area contributed by atoms with E-state index in [2.05, 4.69) is 9.72 Å². The van der Waals surface area contributed by atoms with Crippen molar-refractivity contribution < 1.29 is 14.3 Å². The Kier molecular flexibility index (Phi) is 3.72. The van der Waals surface area contributed by atoms with Crippen LogP contribution in [0.3, 0.4) is 0 Å². The summed E-state index contributed by atoms with van der Waals surface area (Å²) in [6, 6.07) is 3.33. The molecular weight excluding hydrogens is 184 g/mol. The number of nitrogens with two attached hydrogens (primary N) is 1. The molecule has 0 aliphatic carbocycles. The van der Waals surface area contributed by atoms with Gasteiger partial charge in [-0.05, 0) is 19.1 Å². The van der Waals surface area contributed by atoms with Crippen molar-refractivity contribution in [1.29, 1.82) is 0 Å². The molecule has 2 N–H and O–H groups in total. The second kappa shape index (κ2) is 5.06. The van der Waals surface area contributed by atoms with E-state index in [9.17, 15) is 4.79 Å². The lowest BCUT2D eigenvalue weighted by molar-refractivity contribution is -0.145. The summed E-state index contributed by atoms with van der Waals surface area (Å²) in [5.74, 6) is -0.182. The second-order valence-corrected chi connectivity index (χ2v) is 2.49. The molecule has 14 heavy (non-hydrogen) atoms. The maximum Gasteiger partial charge on any atom is 0.344 e. The molecule has 5 nitrogen and oxygen atoms in total. The monoisotopic (exact) mass is 196 g/mol. The number of ether oxygens (including phenoxy) is 2. The predicted molar refractivity (Wildman–Crippen MR) is 50.8 cm³/mol. The number of anilines is 1. The van der Waals surface area contributed by atoms with Crippen LogP contribution in [-0.2, 0) is 9.53 Å². The van der Waals surface area contributed by atoms with E-state index in [1.807, 2.05) is 0 Å². The van der Waals surface area contributed by atoms with Gasteiger partial charge in [-0.15, -0.1) is 0 Å². The number of carbonyl (C=O) groups excluding carboxylic acids is 1. The molecule has 1 aromatic rings. The smallest absolute Gasteiger partial charge is 0.344 e. The number of aromatic nitrogens is 1. The van der Waals surface area contributed by atoms with Gasteiger partial charge in [0.15, 0.2) is 6.61 Å². The molecule has 76 valence electrons. The summed E-state index contributed by atoms with van der Waals surface area (Å²) in [5, 5.41) is 0. The molecular formula is C9H12N2O3. The van der Waals surface area contributed by atoms with Crippen LogP contribution < -0.4 is 10.5 Å². The van der Waals surface area contributed by atoms with Gasteiger partial charge in [0.05, 0.1) is 12.3 Å². The molecule has 1 heterocycles. The van der Waals surface area contributed by atoms with Crippen molar-refractivity contribution in [3.63, 3.8) is 0 Å². The minimum atomic E-state index is -0.433. The molecule has 0 saturated heterocycles. The van der Waals surface area contributed by atoms with Crippen LogP contribution in [0.4, 0.5) is 5.69 Å². The van der Waals surface area contributed by atoms with E-state index in [0.717, 1.165) is 0 Å². The number of nitrogen functional groups attached to an aromatic ring is 1. The van der Waals surface area contributed by atoms with Crippen LogP contribution in [0.25, 0.3) is 0 Å². The fourth-order valence-electron chi connectivity index (χ4n) is 0.854. The summed E-state index contributed by atoms with van der Waals surface area (Å²) in [7, 11) is 0. The summed E-state index contributed by atoms with van der Waals surface area (Å²) >= 11 is 0. The first-order valence-corrected chi connectivity index (χ1v) is 4.23. The Hall–Kier alpha value is -1.78. The van der Waals surface area contributed by atoms with Crippen LogP contribution in [0.2, 0.25) is 0 Å². The molecule has 1 aromatic heterocycles.